The van der Waals surface area contributed by atoms with Gasteiger partial charge >= 0.3 is 0 Å². The zero-order valence-corrected chi connectivity index (χ0v) is 19.7. The van der Waals surface area contributed by atoms with E-state index in [1.165, 1.54) is 5.06 Å². The highest BCUT2D eigenvalue weighted by molar-refractivity contribution is 9.10. The predicted octanol–water partition coefficient (Wildman–Crippen LogP) is 4.76. The van der Waals surface area contributed by atoms with Gasteiger partial charge in [0.2, 0.25) is 0 Å². The van der Waals surface area contributed by atoms with Crippen molar-refractivity contribution in [2.75, 3.05) is 19.8 Å². The van der Waals surface area contributed by atoms with Gasteiger partial charge in [0.15, 0.2) is 23.2 Å². The van der Waals surface area contributed by atoms with Crippen molar-refractivity contribution in [2.24, 2.45) is 4.99 Å². The molecule has 2 aromatic carbocycles. The fraction of sp³-hybridized carbons (Fsp3) is 0.208. The lowest BCUT2D eigenvalue weighted by Gasteiger charge is -2.23. The van der Waals surface area contributed by atoms with E-state index in [-0.39, 0.29) is 11.4 Å². The van der Waals surface area contributed by atoms with Gasteiger partial charge in [-0.25, -0.2) is 0 Å². The Morgan fingerprint density at radius 1 is 1.15 bits per heavy atom. The average Bonchev–Trinajstić information content (AvgIpc) is 3.16. The third-order valence-corrected chi connectivity index (χ3v) is 5.25. The minimum atomic E-state index is -0.506. The van der Waals surface area contributed by atoms with Crippen LogP contribution in [-0.4, -0.2) is 42.5 Å². The Morgan fingerprint density at radius 2 is 1.91 bits per heavy atom. The summed E-state index contributed by atoms with van der Waals surface area (Å²) in [6.07, 6.45) is 3.19. The number of fused-ring (bicyclic) bond motifs is 1. The monoisotopic (exact) mass is 511 g/mol. The van der Waals surface area contributed by atoms with E-state index >= 15 is 0 Å². The summed E-state index contributed by atoms with van der Waals surface area (Å²) in [7, 11) is 0. The summed E-state index contributed by atoms with van der Waals surface area (Å²) in [6.45, 7) is 4.71. The number of amides is 1. The maximum atomic E-state index is 12.5. The number of hydrogen-bond donors (Lipinski definition) is 1. The van der Waals surface area contributed by atoms with Crippen LogP contribution in [-0.2, 0) is 9.63 Å². The lowest BCUT2D eigenvalue weighted by molar-refractivity contribution is -0.114. The molecule has 2 aliphatic rings. The Hall–Kier alpha value is -3.59. The zero-order chi connectivity index (χ0) is 23.4. The number of hydrogen-bond acceptors (Lipinski definition) is 6. The number of ether oxygens (including phenoxy) is 3. The topological polar surface area (TPSA) is 93.4 Å². The van der Waals surface area contributed by atoms with Gasteiger partial charge < -0.3 is 19.0 Å². The number of benzene rings is 2. The summed E-state index contributed by atoms with van der Waals surface area (Å²) < 4.78 is 18.0. The quantitative estimate of drug-likeness (QED) is 0.405. The maximum absolute atomic E-state index is 12.5. The Balaban J connectivity index is 1.52. The number of carbonyl (C=O) groups excluding carboxylic acids is 1. The first-order valence-electron chi connectivity index (χ1n) is 10.3. The van der Waals surface area contributed by atoms with Gasteiger partial charge in [0.05, 0.1) is 16.7 Å². The molecule has 1 N–H and O–H groups in total. The summed E-state index contributed by atoms with van der Waals surface area (Å²) in [6, 6.07) is 13.0. The minimum absolute atomic E-state index is 0.0782. The van der Waals surface area contributed by atoms with Gasteiger partial charge in [0.25, 0.3) is 5.91 Å². The second kappa shape index (κ2) is 9.91. The Labute approximate surface area is 199 Å². The van der Waals surface area contributed by atoms with Gasteiger partial charge in [0, 0.05) is 6.08 Å². The smallest absolute Gasteiger partial charge is 0.282 e. The van der Waals surface area contributed by atoms with E-state index in [1.54, 1.807) is 31.2 Å². The number of amidine groups is 2. The van der Waals surface area contributed by atoms with Gasteiger partial charge in [-0.3, -0.25) is 10.2 Å². The van der Waals surface area contributed by atoms with Crippen molar-refractivity contribution in [3.05, 3.63) is 69.9 Å². The number of nitrogens with one attached hydrogen (secondary N) is 1. The normalized spacial score (nSPS) is 16.2. The molecule has 9 heteroatoms. The van der Waals surface area contributed by atoms with Crippen LogP contribution in [0.5, 0.6) is 17.2 Å². The molecule has 0 fully saturated rings. The average molecular weight is 512 g/mol. The minimum Gasteiger partial charge on any atom is -0.490 e. The molecule has 0 saturated heterocycles. The summed E-state index contributed by atoms with van der Waals surface area (Å²) in [5.41, 5.74) is 0.759. The number of carbonyl (C=O) groups is 1. The highest BCUT2D eigenvalue weighted by atomic mass is 79.9. The largest absolute Gasteiger partial charge is 0.490 e. The molecular formula is C24H22BrN3O5. The Morgan fingerprint density at radius 3 is 2.67 bits per heavy atom. The fourth-order valence-electron chi connectivity index (χ4n) is 3.26. The van der Waals surface area contributed by atoms with Crippen molar-refractivity contribution < 1.29 is 23.8 Å². The van der Waals surface area contributed by atoms with Crippen molar-refractivity contribution in [3.63, 3.8) is 0 Å². The van der Waals surface area contributed by atoms with Gasteiger partial charge in [-0.2, -0.15) is 4.99 Å². The molecule has 0 atom stereocenters. The van der Waals surface area contributed by atoms with Gasteiger partial charge in [-0.1, -0.05) is 18.2 Å². The molecule has 0 aromatic heterocycles. The summed E-state index contributed by atoms with van der Waals surface area (Å²) >= 11 is 3.53. The van der Waals surface area contributed by atoms with Crippen LogP contribution in [0.15, 0.2) is 69.3 Å². The molecule has 0 unspecified atom stereocenters. The Kier molecular flexibility index (Phi) is 6.79. The molecule has 2 aliphatic heterocycles. The van der Waals surface area contributed by atoms with Crippen LogP contribution < -0.4 is 14.2 Å². The molecule has 170 valence electrons. The molecular weight excluding hydrogens is 490 g/mol. The van der Waals surface area contributed by atoms with Crippen LogP contribution in [0.25, 0.3) is 6.08 Å². The van der Waals surface area contributed by atoms with Crippen LogP contribution in [0.3, 0.4) is 0 Å². The number of allylic oxidation sites excluding steroid dienone is 1. The van der Waals surface area contributed by atoms with E-state index in [2.05, 4.69) is 20.9 Å². The van der Waals surface area contributed by atoms with Crippen LogP contribution in [0.4, 0.5) is 0 Å². The van der Waals surface area contributed by atoms with Gasteiger partial charge in [-0.15, -0.1) is 5.06 Å². The summed E-state index contributed by atoms with van der Waals surface area (Å²) in [5.74, 6) is 2.09. The number of hydroxylamine groups is 2. The van der Waals surface area contributed by atoms with Crippen molar-refractivity contribution >= 4 is 39.6 Å². The van der Waals surface area contributed by atoms with Crippen molar-refractivity contribution in [3.8, 4) is 17.2 Å². The van der Waals surface area contributed by atoms with E-state index in [1.807, 2.05) is 37.3 Å². The molecule has 0 aliphatic carbocycles. The van der Waals surface area contributed by atoms with Crippen LogP contribution in [0, 0.1) is 5.41 Å². The van der Waals surface area contributed by atoms with E-state index in [0.717, 1.165) is 5.75 Å². The Bertz CT molecular complexity index is 1170. The lowest BCUT2D eigenvalue weighted by atomic mass is 10.1. The second-order valence-electron chi connectivity index (χ2n) is 7.10. The third kappa shape index (κ3) is 5.09. The van der Waals surface area contributed by atoms with Crippen molar-refractivity contribution in [2.45, 2.75) is 13.8 Å². The van der Waals surface area contributed by atoms with Gasteiger partial charge in [0.1, 0.15) is 24.7 Å². The van der Waals surface area contributed by atoms with E-state index in [0.29, 0.717) is 53.0 Å². The van der Waals surface area contributed by atoms with Crippen LogP contribution in [0.2, 0.25) is 0 Å². The molecule has 0 saturated carbocycles. The fourth-order valence-corrected chi connectivity index (χ4v) is 3.84. The second-order valence-corrected chi connectivity index (χ2v) is 7.95. The molecule has 0 bridgehead atoms. The first-order chi connectivity index (χ1) is 16.0. The first-order valence-corrected chi connectivity index (χ1v) is 11.1. The number of nitrogens with zero attached hydrogens (tertiary/aromatic N) is 2. The third-order valence-electron chi connectivity index (χ3n) is 4.66. The molecule has 0 spiro atoms. The first kappa shape index (κ1) is 22.6. The SMILES string of the molecule is CCOc1cc(/C=C2/C(=N)N3OC(C)=CC3=NC2=O)cc(Br)c1OCCOc1ccccc1. The van der Waals surface area contributed by atoms with Crippen LogP contribution in [0.1, 0.15) is 19.4 Å². The molecule has 1 amide bonds. The number of halogens is 1. The van der Waals surface area contributed by atoms with Crippen molar-refractivity contribution in [1.82, 2.24) is 5.06 Å². The number of para-hydroxylation sites is 1. The zero-order valence-electron chi connectivity index (χ0n) is 18.1. The standard InChI is InChI=1S/C24H22BrN3O5/c1-3-30-20-14-16(12-18-23(26)28-21(27-24(18)29)11-15(2)33-28)13-19(25)22(20)32-10-9-31-17-7-5-4-6-8-17/h4-8,11-14,26H,3,9-10H2,1-2H3/b18-12-,26-23?. The van der Waals surface area contributed by atoms with E-state index in [4.69, 9.17) is 24.5 Å². The number of aliphatic imine (C=N–C) groups is 1. The highest BCUT2D eigenvalue weighted by Crippen LogP contribution is 2.38. The van der Waals surface area contributed by atoms with Gasteiger partial charge in [-0.05, 0) is 65.7 Å². The summed E-state index contributed by atoms with van der Waals surface area (Å²) in [5, 5.41) is 9.60. The van der Waals surface area contributed by atoms with Crippen molar-refractivity contribution in [1.29, 1.82) is 5.41 Å². The molecule has 2 aromatic rings. The van der Waals surface area contributed by atoms with E-state index in [9.17, 15) is 4.79 Å². The molecule has 2 heterocycles. The number of rotatable bonds is 8. The molecule has 0 radical (unpaired) electrons. The summed E-state index contributed by atoms with van der Waals surface area (Å²) in [4.78, 5) is 22.0. The molecule has 4 rings (SSSR count). The predicted molar refractivity (Wildman–Crippen MR) is 128 cm³/mol. The van der Waals surface area contributed by atoms with E-state index < -0.39 is 5.91 Å². The highest BCUT2D eigenvalue weighted by Gasteiger charge is 2.34. The molecule has 33 heavy (non-hydrogen) atoms. The molecule has 8 nitrogen and oxygen atoms in total. The maximum Gasteiger partial charge on any atom is 0.282 e. The van der Waals surface area contributed by atoms with Crippen LogP contribution >= 0.6 is 15.9 Å². The lowest BCUT2D eigenvalue weighted by Crippen LogP contribution is -2.38.